The summed E-state index contributed by atoms with van der Waals surface area (Å²) in [7, 11) is 0. The molecule has 0 fully saturated rings. The van der Waals surface area contributed by atoms with E-state index in [1.54, 1.807) is 0 Å². The second-order valence-corrected chi connectivity index (χ2v) is 7.88. The lowest BCUT2D eigenvalue weighted by atomic mass is 9.81. The number of amides is 1. The zero-order valence-corrected chi connectivity index (χ0v) is 15.5. The molecule has 0 saturated heterocycles. The Morgan fingerprint density at radius 3 is 2.09 bits per heavy atom. The van der Waals surface area contributed by atoms with Gasteiger partial charge in [-0.1, -0.05) is 24.6 Å². The van der Waals surface area contributed by atoms with E-state index in [0.29, 0.717) is 13.0 Å². The largest absolute Gasteiger partial charge is 0.444 e. The molecule has 0 aliphatic rings. The molecule has 4 heteroatoms. The minimum absolute atomic E-state index is 0.00441. The van der Waals surface area contributed by atoms with Gasteiger partial charge in [0.15, 0.2) is 0 Å². The van der Waals surface area contributed by atoms with E-state index < -0.39 is 17.1 Å². The van der Waals surface area contributed by atoms with Gasteiger partial charge in [0.25, 0.3) is 0 Å². The summed E-state index contributed by atoms with van der Waals surface area (Å²) in [6, 6.07) is 4.31. The lowest BCUT2D eigenvalue weighted by molar-refractivity contribution is 0.0478. The zero-order valence-electron chi connectivity index (χ0n) is 15.5. The van der Waals surface area contributed by atoms with Crippen LogP contribution in [0.2, 0.25) is 0 Å². The van der Waals surface area contributed by atoms with E-state index >= 15 is 0 Å². The number of aliphatic hydroxyl groups is 1. The van der Waals surface area contributed by atoms with Gasteiger partial charge in [0.2, 0.25) is 0 Å². The first-order chi connectivity index (χ1) is 10.5. The highest BCUT2D eigenvalue weighted by molar-refractivity contribution is 5.67. The maximum absolute atomic E-state index is 11.8. The number of hydrogen-bond acceptors (Lipinski definition) is 3. The Morgan fingerprint density at radius 1 is 1.13 bits per heavy atom. The number of nitrogens with one attached hydrogen (secondary N) is 1. The molecule has 0 aliphatic heterocycles. The molecule has 2 N–H and O–H groups in total. The van der Waals surface area contributed by atoms with Gasteiger partial charge < -0.3 is 15.2 Å². The third-order valence-corrected chi connectivity index (χ3v) is 3.88. The number of rotatable bonds is 5. The van der Waals surface area contributed by atoms with Gasteiger partial charge >= 0.3 is 6.09 Å². The predicted molar refractivity (Wildman–Crippen MR) is 93.8 cm³/mol. The van der Waals surface area contributed by atoms with Gasteiger partial charge in [-0.2, -0.15) is 0 Å². The third-order valence-electron chi connectivity index (χ3n) is 3.88. The zero-order chi connectivity index (χ0) is 17.8. The highest BCUT2D eigenvalue weighted by atomic mass is 16.6. The fourth-order valence-corrected chi connectivity index (χ4v) is 2.69. The Labute approximate surface area is 140 Å². The van der Waals surface area contributed by atoms with Crippen LogP contribution in [0.1, 0.15) is 49.9 Å². The molecule has 0 aromatic heterocycles. The predicted octanol–water partition coefficient (Wildman–Crippen LogP) is 3.68. The second-order valence-electron chi connectivity index (χ2n) is 7.88. The minimum atomic E-state index is -0.524. The first-order valence-corrected chi connectivity index (χ1v) is 8.10. The highest BCUT2D eigenvalue weighted by Gasteiger charge is 2.27. The van der Waals surface area contributed by atoms with Crippen molar-refractivity contribution in [3.8, 4) is 0 Å². The van der Waals surface area contributed by atoms with E-state index in [0.717, 1.165) is 0 Å². The summed E-state index contributed by atoms with van der Waals surface area (Å²) < 4.78 is 5.26. The van der Waals surface area contributed by atoms with E-state index in [2.05, 4.69) is 38.2 Å². The van der Waals surface area contributed by atoms with Crippen LogP contribution in [-0.4, -0.2) is 30.0 Å². The van der Waals surface area contributed by atoms with Gasteiger partial charge in [-0.3, -0.25) is 0 Å². The monoisotopic (exact) mass is 321 g/mol. The molecule has 1 aromatic carbocycles. The summed E-state index contributed by atoms with van der Waals surface area (Å²) in [4.78, 5) is 11.8. The number of aliphatic hydroxyl groups excluding tert-OH is 1. The summed E-state index contributed by atoms with van der Waals surface area (Å²) >= 11 is 0. The molecular weight excluding hydrogens is 290 g/mol. The molecule has 4 nitrogen and oxygen atoms in total. The molecule has 0 spiro atoms. The number of ether oxygens (including phenoxy) is 1. The van der Waals surface area contributed by atoms with Crippen molar-refractivity contribution in [2.24, 2.45) is 5.41 Å². The first-order valence-electron chi connectivity index (χ1n) is 8.10. The fourth-order valence-electron chi connectivity index (χ4n) is 2.69. The molecule has 1 unspecified atom stereocenters. The highest BCUT2D eigenvalue weighted by Crippen LogP contribution is 2.26. The van der Waals surface area contributed by atoms with E-state index in [1.165, 1.54) is 22.3 Å². The topological polar surface area (TPSA) is 58.6 Å². The Kier molecular flexibility index (Phi) is 6.23. The lowest BCUT2D eigenvalue weighted by Crippen LogP contribution is -2.42. The van der Waals surface area contributed by atoms with Crippen molar-refractivity contribution in [1.29, 1.82) is 0 Å². The number of hydrogen-bond donors (Lipinski definition) is 2. The van der Waals surface area contributed by atoms with Crippen molar-refractivity contribution in [1.82, 2.24) is 5.32 Å². The summed E-state index contributed by atoms with van der Waals surface area (Å²) in [6.45, 7) is 14.1. The summed E-state index contributed by atoms with van der Waals surface area (Å²) in [5, 5.41) is 12.6. The van der Waals surface area contributed by atoms with Crippen LogP contribution in [0.15, 0.2) is 12.1 Å². The molecule has 0 heterocycles. The van der Waals surface area contributed by atoms with Crippen LogP contribution >= 0.6 is 0 Å². The molecule has 0 bridgehead atoms. The van der Waals surface area contributed by atoms with Crippen LogP contribution in [0.4, 0.5) is 4.79 Å². The van der Waals surface area contributed by atoms with E-state index in [1.807, 2.05) is 27.7 Å². The maximum Gasteiger partial charge on any atom is 0.407 e. The van der Waals surface area contributed by atoms with Crippen molar-refractivity contribution in [2.45, 2.75) is 60.5 Å². The van der Waals surface area contributed by atoms with Crippen LogP contribution in [0, 0.1) is 26.2 Å². The van der Waals surface area contributed by atoms with Gasteiger partial charge in [-0.05, 0) is 64.7 Å². The van der Waals surface area contributed by atoms with Crippen molar-refractivity contribution in [2.75, 3.05) is 13.2 Å². The Hall–Kier alpha value is -1.55. The summed E-state index contributed by atoms with van der Waals surface area (Å²) in [5.74, 6) is 0. The fraction of sp³-hybridized carbons (Fsp3) is 0.632. The van der Waals surface area contributed by atoms with Gasteiger partial charge in [-0.15, -0.1) is 0 Å². The number of benzene rings is 1. The summed E-state index contributed by atoms with van der Waals surface area (Å²) in [6.07, 6.45) is 0.256. The summed E-state index contributed by atoms with van der Waals surface area (Å²) in [5.41, 5.74) is 3.96. The normalized spacial score (nSPS) is 14.3. The van der Waals surface area contributed by atoms with E-state index in [9.17, 15) is 9.90 Å². The number of alkyl carbamates (subject to hydrolysis) is 1. The number of carbonyl (C=O) groups excluding carboxylic acids is 1. The molecule has 0 saturated carbocycles. The third kappa shape index (κ3) is 6.22. The minimum Gasteiger partial charge on any atom is -0.444 e. The number of carbonyl (C=O) groups is 1. The quantitative estimate of drug-likeness (QED) is 0.870. The maximum atomic E-state index is 11.8. The average molecular weight is 321 g/mol. The molecular formula is C19H31NO3. The number of aryl methyl sites for hydroxylation is 3. The Balaban J connectivity index is 2.81. The first kappa shape index (κ1) is 19.5. The Bertz CT molecular complexity index is 537. The molecule has 1 aromatic rings. The average Bonchev–Trinajstić information content (AvgIpc) is 2.39. The Morgan fingerprint density at radius 2 is 1.65 bits per heavy atom. The molecule has 23 heavy (non-hydrogen) atoms. The molecule has 1 atom stereocenters. The van der Waals surface area contributed by atoms with Gasteiger partial charge in [0, 0.05) is 12.0 Å². The SMILES string of the molecule is Cc1cc(C)c(CC(C)(CO)CNC(=O)OC(C)(C)C)c(C)c1. The van der Waals surface area contributed by atoms with Crippen LogP contribution in [0.25, 0.3) is 0 Å². The molecule has 0 aliphatic carbocycles. The van der Waals surface area contributed by atoms with Crippen LogP contribution in [0.3, 0.4) is 0 Å². The van der Waals surface area contributed by atoms with Crippen molar-refractivity contribution in [3.05, 3.63) is 34.4 Å². The molecule has 0 radical (unpaired) electrons. The van der Waals surface area contributed by atoms with E-state index in [-0.39, 0.29) is 6.61 Å². The van der Waals surface area contributed by atoms with E-state index in [4.69, 9.17) is 4.74 Å². The van der Waals surface area contributed by atoms with Crippen molar-refractivity contribution in [3.63, 3.8) is 0 Å². The van der Waals surface area contributed by atoms with Gasteiger partial charge in [0.1, 0.15) is 5.60 Å². The molecule has 1 rings (SSSR count). The van der Waals surface area contributed by atoms with Crippen molar-refractivity contribution >= 4 is 6.09 Å². The molecule has 130 valence electrons. The second kappa shape index (κ2) is 7.35. The molecule has 1 amide bonds. The van der Waals surface area contributed by atoms with Gasteiger partial charge in [-0.25, -0.2) is 4.79 Å². The van der Waals surface area contributed by atoms with Crippen LogP contribution < -0.4 is 5.32 Å². The standard InChI is InChI=1S/C19H31NO3/c1-13-8-14(2)16(15(3)9-13)10-19(7,12-21)11-20-17(22)23-18(4,5)6/h8-9,21H,10-12H2,1-7H3,(H,20,22). The van der Waals surface area contributed by atoms with Crippen LogP contribution in [0.5, 0.6) is 0 Å². The van der Waals surface area contributed by atoms with Crippen LogP contribution in [-0.2, 0) is 11.2 Å². The lowest BCUT2D eigenvalue weighted by Gasteiger charge is -2.30. The van der Waals surface area contributed by atoms with Crippen molar-refractivity contribution < 1.29 is 14.6 Å². The van der Waals surface area contributed by atoms with Gasteiger partial charge in [0.05, 0.1) is 6.61 Å². The smallest absolute Gasteiger partial charge is 0.407 e.